The summed E-state index contributed by atoms with van der Waals surface area (Å²) in [4.78, 5) is 0. The third kappa shape index (κ3) is 4.75. The van der Waals surface area contributed by atoms with Crippen LogP contribution in [0.4, 0.5) is 5.69 Å². The Labute approximate surface area is 146 Å². The van der Waals surface area contributed by atoms with Gasteiger partial charge in [0.1, 0.15) is 6.61 Å². The third-order valence-corrected chi connectivity index (χ3v) is 3.79. The number of anilines is 1. The number of para-hydroxylation sites is 1. The van der Waals surface area contributed by atoms with Crippen LogP contribution in [0.15, 0.2) is 42.5 Å². The quantitative estimate of drug-likeness (QED) is 0.543. The largest absolute Gasteiger partial charge is 0.493 e. The predicted molar refractivity (Wildman–Crippen MR) is 95.6 cm³/mol. The Morgan fingerprint density at radius 2 is 1.96 bits per heavy atom. The second-order valence-electron chi connectivity index (χ2n) is 5.20. The average Bonchev–Trinajstić information content (AvgIpc) is 2.61. The maximum absolute atomic E-state index is 10.1. The van der Waals surface area contributed by atoms with Crippen LogP contribution >= 0.6 is 11.6 Å². The van der Waals surface area contributed by atoms with E-state index in [1.807, 2.05) is 18.2 Å². The molecule has 0 spiro atoms. The molecule has 0 saturated carbocycles. The summed E-state index contributed by atoms with van der Waals surface area (Å²) >= 11 is 6.04. The zero-order valence-corrected chi connectivity index (χ0v) is 14.2. The lowest BCUT2D eigenvalue weighted by molar-refractivity contribution is 0.127. The molecule has 6 nitrogen and oxygen atoms in total. The minimum Gasteiger partial charge on any atom is -0.493 e. The zero-order chi connectivity index (χ0) is 17.5. The van der Waals surface area contributed by atoms with Gasteiger partial charge in [-0.15, -0.1) is 0 Å². The second-order valence-corrected chi connectivity index (χ2v) is 5.61. The Bertz CT molecular complexity index is 669. The molecule has 130 valence electrons. The molecule has 0 radical (unpaired) electrons. The number of ether oxygens (including phenoxy) is 2. The summed E-state index contributed by atoms with van der Waals surface area (Å²) in [5, 5.41) is 13.5. The Morgan fingerprint density at radius 3 is 2.62 bits per heavy atom. The van der Waals surface area contributed by atoms with Crippen molar-refractivity contribution in [2.45, 2.75) is 12.3 Å². The molecule has 0 aliphatic rings. The minimum absolute atomic E-state index is 0.0177. The Kier molecular flexibility index (Phi) is 6.69. The van der Waals surface area contributed by atoms with Gasteiger partial charge in [-0.25, -0.2) is 0 Å². The van der Waals surface area contributed by atoms with Gasteiger partial charge in [0.05, 0.1) is 17.8 Å². The van der Waals surface area contributed by atoms with Crippen molar-refractivity contribution < 1.29 is 14.6 Å². The number of methoxy groups -OCH3 is 1. The molecule has 2 unspecified atom stereocenters. The van der Waals surface area contributed by atoms with E-state index in [2.05, 4.69) is 5.32 Å². The normalized spacial score (nSPS) is 13.2. The lowest BCUT2D eigenvalue weighted by Gasteiger charge is -2.18. The monoisotopic (exact) mass is 351 g/mol. The van der Waals surface area contributed by atoms with Crippen molar-refractivity contribution in [2.24, 2.45) is 11.5 Å². The lowest BCUT2D eigenvalue weighted by Crippen LogP contribution is -2.26. The molecule has 0 heterocycles. The smallest absolute Gasteiger partial charge is 0.161 e. The number of hydrogen-bond donors (Lipinski definition) is 4. The van der Waals surface area contributed by atoms with Crippen molar-refractivity contribution in [3.63, 3.8) is 0 Å². The van der Waals surface area contributed by atoms with Crippen molar-refractivity contribution >= 4 is 17.3 Å². The molecule has 2 aromatic carbocycles. The predicted octanol–water partition coefficient (Wildman–Crippen LogP) is 2.12. The molecule has 0 aliphatic carbocycles. The Morgan fingerprint density at radius 1 is 1.21 bits per heavy atom. The second kappa shape index (κ2) is 8.75. The maximum atomic E-state index is 10.1. The van der Waals surface area contributed by atoms with Crippen LogP contribution in [0.1, 0.15) is 11.6 Å². The van der Waals surface area contributed by atoms with Gasteiger partial charge in [-0.05, 0) is 29.8 Å². The van der Waals surface area contributed by atoms with E-state index in [1.54, 1.807) is 31.4 Å². The molecule has 0 amide bonds. The first kappa shape index (κ1) is 18.4. The average molecular weight is 352 g/mol. The highest BCUT2D eigenvalue weighted by Crippen LogP contribution is 2.30. The molecule has 7 heteroatoms. The van der Waals surface area contributed by atoms with Gasteiger partial charge in [-0.2, -0.15) is 0 Å². The Hall–Kier alpha value is -1.99. The molecule has 24 heavy (non-hydrogen) atoms. The van der Waals surface area contributed by atoms with Gasteiger partial charge in [0.2, 0.25) is 0 Å². The van der Waals surface area contributed by atoms with E-state index in [-0.39, 0.29) is 12.6 Å². The highest BCUT2D eigenvalue weighted by atomic mass is 35.5. The van der Waals surface area contributed by atoms with Gasteiger partial charge in [0.15, 0.2) is 17.7 Å². The number of nitrogens with two attached hydrogens (primary N) is 2. The van der Waals surface area contributed by atoms with Crippen LogP contribution in [0.3, 0.4) is 0 Å². The summed E-state index contributed by atoms with van der Waals surface area (Å²) in [5.41, 5.74) is 13.0. The molecule has 2 atom stereocenters. The fourth-order valence-electron chi connectivity index (χ4n) is 2.14. The van der Waals surface area contributed by atoms with Gasteiger partial charge in [0, 0.05) is 12.6 Å². The molecule has 2 aromatic rings. The van der Waals surface area contributed by atoms with Crippen molar-refractivity contribution in [3.05, 3.63) is 53.1 Å². The van der Waals surface area contributed by atoms with Crippen LogP contribution in [-0.4, -0.2) is 31.6 Å². The number of hydrogen-bond acceptors (Lipinski definition) is 6. The van der Waals surface area contributed by atoms with E-state index in [4.69, 9.17) is 32.5 Å². The first-order valence-electron chi connectivity index (χ1n) is 7.50. The van der Waals surface area contributed by atoms with Gasteiger partial charge in [0.25, 0.3) is 0 Å². The number of benzene rings is 2. The molecule has 2 rings (SSSR count). The molecule has 0 saturated heterocycles. The van der Waals surface area contributed by atoms with E-state index in [0.717, 1.165) is 5.56 Å². The summed E-state index contributed by atoms with van der Waals surface area (Å²) < 4.78 is 10.9. The molecule has 6 N–H and O–H groups in total. The third-order valence-electron chi connectivity index (χ3n) is 3.46. The van der Waals surface area contributed by atoms with Crippen molar-refractivity contribution in [1.82, 2.24) is 0 Å². The number of rotatable bonds is 8. The van der Waals surface area contributed by atoms with Gasteiger partial charge >= 0.3 is 0 Å². The molecule has 0 bridgehead atoms. The highest BCUT2D eigenvalue weighted by molar-refractivity contribution is 6.33. The highest BCUT2D eigenvalue weighted by Gasteiger charge is 2.12. The summed E-state index contributed by atoms with van der Waals surface area (Å²) in [6.07, 6.45) is -0.930. The van der Waals surface area contributed by atoms with Crippen molar-refractivity contribution in [1.29, 1.82) is 0 Å². The number of aliphatic hydroxyl groups is 1. The lowest BCUT2D eigenvalue weighted by atomic mass is 10.1. The summed E-state index contributed by atoms with van der Waals surface area (Å²) in [5.74, 6) is 1.03. The van der Waals surface area contributed by atoms with Crippen molar-refractivity contribution in [2.75, 3.05) is 25.6 Å². The first-order valence-corrected chi connectivity index (χ1v) is 7.88. The first-order chi connectivity index (χ1) is 11.5. The molecular formula is C17H22ClN3O3. The minimum atomic E-state index is -0.930. The van der Waals surface area contributed by atoms with Crippen LogP contribution in [-0.2, 0) is 0 Å². The standard InChI is InChI=1S/C17H22ClN3O3/c1-23-16-8-11(13(20)9-19)6-7-15(16)24-10-17(22)21-14-5-3-2-4-12(14)18/h2-8,13,17,21-22H,9-10,19-20H2,1H3. The van der Waals surface area contributed by atoms with Gasteiger partial charge in [-0.3, -0.25) is 0 Å². The number of aliphatic hydroxyl groups excluding tert-OH is 1. The van der Waals surface area contributed by atoms with Crippen LogP contribution < -0.4 is 26.3 Å². The maximum Gasteiger partial charge on any atom is 0.161 e. The van der Waals surface area contributed by atoms with E-state index in [0.29, 0.717) is 28.8 Å². The van der Waals surface area contributed by atoms with Crippen LogP contribution in [0.25, 0.3) is 0 Å². The van der Waals surface area contributed by atoms with Crippen LogP contribution in [0.5, 0.6) is 11.5 Å². The van der Waals surface area contributed by atoms with Gasteiger partial charge < -0.3 is 31.4 Å². The van der Waals surface area contributed by atoms with E-state index in [1.165, 1.54) is 0 Å². The molecule has 0 aromatic heterocycles. The molecule has 0 fully saturated rings. The number of halogens is 1. The summed E-state index contributed by atoms with van der Waals surface area (Å²) in [7, 11) is 1.54. The van der Waals surface area contributed by atoms with Crippen LogP contribution in [0.2, 0.25) is 5.02 Å². The SMILES string of the molecule is COc1cc(C(N)CN)ccc1OCC(O)Nc1ccccc1Cl. The van der Waals surface area contributed by atoms with E-state index >= 15 is 0 Å². The zero-order valence-electron chi connectivity index (χ0n) is 13.4. The van der Waals surface area contributed by atoms with Crippen LogP contribution in [0, 0.1) is 0 Å². The van der Waals surface area contributed by atoms with Gasteiger partial charge in [-0.1, -0.05) is 29.8 Å². The Balaban J connectivity index is 1.99. The molecular weight excluding hydrogens is 330 g/mol. The van der Waals surface area contributed by atoms with E-state index < -0.39 is 6.23 Å². The topological polar surface area (TPSA) is 103 Å². The number of nitrogens with one attached hydrogen (secondary N) is 1. The van der Waals surface area contributed by atoms with Crippen molar-refractivity contribution in [3.8, 4) is 11.5 Å². The fraction of sp³-hybridized carbons (Fsp3) is 0.294. The molecule has 0 aliphatic heterocycles. The summed E-state index contributed by atoms with van der Waals surface area (Å²) in [6, 6.07) is 12.2. The van der Waals surface area contributed by atoms with E-state index in [9.17, 15) is 5.11 Å². The fourth-order valence-corrected chi connectivity index (χ4v) is 2.33. The summed E-state index contributed by atoms with van der Waals surface area (Å²) in [6.45, 7) is 0.355.